The number of amides is 1. The van der Waals surface area contributed by atoms with Crippen LogP contribution in [0.25, 0.3) is 10.9 Å². The predicted molar refractivity (Wildman–Crippen MR) is 133 cm³/mol. The van der Waals surface area contributed by atoms with Crippen molar-refractivity contribution >= 4 is 28.2 Å². The van der Waals surface area contributed by atoms with Crippen LogP contribution in [-0.4, -0.2) is 55.2 Å². The van der Waals surface area contributed by atoms with Crippen LogP contribution in [0.1, 0.15) is 29.7 Å². The van der Waals surface area contributed by atoms with Crippen molar-refractivity contribution in [3.63, 3.8) is 0 Å². The van der Waals surface area contributed by atoms with Gasteiger partial charge in [-0.2, -0.15) is 13.2 Å². The zero-order valence-corrected chi connectivity index (χ0v) is 20.3. The summed E-state index contributed by atoms with van der Waals surface area (Å²) in [5, 5.41) is 4.31. The molecule has 190 valence electrons. The number of pyridine rings is 1. The molecule has 0 radical (unpaired) electrons. The third kappa shape index (κ3) is 4.72. The van der Waals surface area contributed by atoms with Crippen molar-refractivity contribution < 1.29 is 22.7 Å². The van der Waals surface area contributed by atoms with Crippen molar-refractivity contribution in [2.45, 2.75) is 26.1 Å². The van der Waals surface area contributed by atoms with Gasteiger partial charge in [-0.1, -0.05) is 12.1 Å². The number of halogens is 3. The van der Waals surface area contributed by atoms with E-state index in [0.29, 0.717) is 31.9 Å². The number of anilines is 2. The normalized spacial score (nSPS) is 17.7. The lowest BCUT2D eigenvalue weighted by Gasteiger charge is -2.39. The molecule has 0 unspecified atom stereocenters. The monoisotopic (exact) mass is 498 g/mol. The highest BCUT2D eigenvalue weighted by molar-refractivity contribution is 5.93. The molecule has 0 aliphatic carbocycles. The predicted octanol–water partition coefficient (Wildman–Crippen LogP) is 5.03. The Bertz CT molecular complexity index is 1270. The standard InChI is InChI=1S/C27H29F3N4O2/c1-17-21(4-3-5-23(17)27(28,29)30)18(2)32-25-8-9-31-24-7-6-20(14-22(24)25)33-10-12-34(13-11-33)26(35)19-15-36-16-19/h3-9,14,18-19H,10-13,15-16H2,1-2H3,(H,31,32)/t18-/m1/s1. The largest absolute Gasteiger partial charge is 0.416 e. The molecule has 0 saturated carbocycles. The minimum Gasteiger partial charge on any atom is -0.380 e. The van der Waals surface area contributed by atoms with Crippen LogP contribution in [0, 0.1) is 12.8 Å². The summed E-state index contributed by atoms with van der Waals surface area (Å²) in [5.74, 6) is 0.174. The van der Waals surface area contributed by atoms with E-state index in [4.69, 9.17) is 4.74 Å². The van der Waals surface area contributed by atoms with E-state index in [-0.39, 0.29) is 23.4 Å². The second kappa shape index (κ2) is 9.61. The minimum atomic E-state index is -4.39. The average molecular weight is 499 g/mol. The molecule has 0 spiro atoms. The number of carbonyl (C=O) groups excluding carboxylic acids is 1. The second-order valence-electron chi connectivity index (χ2n) is 9.49. The van der Waals surface area contributed by atoms with E-state index in [1.54, 1.807) is 12.3 Å². The van der Waals surface area contributed by atoms with Gasteiger partial charge in [-0.15, -0.1) is 0 Å². The van der Waals surface area contributed by atoms with Gasteiger partial charge in [0.15, 0.2) is 0 Å². The number of aromatic nitrogens is 1. The first-order chi connectivity index (χ1) is 17.2. The van der Waals surface area contributed by atoms with Crippen molar-refractivity contribution in [3.05, 3.63) is 65.4 Å². The number of ether oxygens (including phenoxy) is 1. The molecule has 36 heavy (non-hydrogen) atoms. The number of hydrogen-bond donors (Lipinski definition) is 1. The van der Waals surface area contributed by atoms with Gasteiger partial charge >= 0.3 is 6.18 Å². The summed E-state index contributed by atoms with van der Waals surface area (Å²) < 4.78 is 45.4. The number of fused-ring (bicyclic) bond motifs is 1. The number of hydrogen-bond acceptors (Lipinski definition) is 5. The molecule has 1 aromatic heterocycles. The molecule has 2 fully saturated rings. The SMILES string of the molecule is Cc1c([C@@H](C)Nc2ccnc3ccc(N4CCN(C(=O)C5COC5)CC4)cc23)cccc1C(F)(F)F. The summed E-state index contributed by atoms with van der Waals surface area (Å²) in [4.78, 5) is 21.1. The summed E-state index contributed by atoms with van der Waals surface area (Å²) in [6.45, 7) is 7.20. The lowest BCUT2D eigenvalue weighted by atomic mass is 9.97. The number of alkyl halides is 3. The van der Waals surface area contributed by atoms with Crippen LogP contribution < -0.4 is 10.2 Å². The number of benzene rings is 2. The van der Waals surface area contributed by atoms with Gasteiger partial charge in [0.05, 0.1) is 30.2 Å². The summed E-state index contributed by atoms with van der Waals surface area (Å²) in [6, 6.07) is 11.9. The Hall–Kier alpha value is -3.33. The summed E-state index contributed by atoms with van der Waals surface area (Å²) in [5.41, 5.74) is 2.85. The lowest BCUT2D eigenvalue weighted by Crippen LogP contribution is -2.53. The number of carbonyl (C=O) groups is 1. The smallest absolute Gasteiger partial charge is 0.380 e. The Labute approximate surface area is 208 Å². The van der Waals surface area contributed by atoms with Crippen molar-refractivity contribution in [1.29, 1.82) is 0 Å². The molecule has 9 heteroatoms. The maximum Gasteiger partial charge on any atom is 0.416 e. The highest BCUT2D eigenvalue weighted by atomic mass is 19.4. The first-order valence-corrected chi connectivity index (χ1v) is 12.2. The average Bonchev–Trinajstić information content (AvgIpc) is 2.82. The third-order valence-electron chi connectivity index (χ3n) is 7.19. The van der Waals surface area contributed by atoms with Crippen molar-refractivity contribution in [2.75, 3.05) is 49.6 Å². The van der Waals surface area contributed by atoms with E-state index < -0.39 is 11.7 Å². The van der Waals surface area contributed by atoms with Gasteiger partial charge in [-0.05, 0) is 55.3 Å². The molecule has 3 heterocycles. The summed E-state index contributed by atoms with van der Waals surface area (Å²) >= 11 is 0. The fraction of sp³-hybridized carbons (Fsp3) is 0.407. The highest BCUT2D eigenvalue weighted by Crippen LogP contribution is 2.36. The molecule has 3 aromatic rings. The van der Waals surface area contributed by atoms with E-state index >= 15 is 0 Å². The Balaban J connectivity index is 1.35. The maximum atomic E-state index is 13.4. The topological polar surface area (TPSA) is 57.7 Å². The summed E-state index contributed by atoms with van der Waals surface area (Å²) in [6.07, 6.45) is -2.69. The molecule has 2 aliphatic heterocycles. The molecule has 1 amide bonds. The van der Waals surface area contributed by atoms with Crippen LogP contribution in [0.2, 0.25) is 0 Å². The van der Waals surface area contributed by atoms with Gasteiger partial charge in [0.25, 0.3) is 0 Å². The Kier molecular flexibility index (Phi) is 6.51. The highest BCUT2D eigenvalue weighted by Gasteiger charge is 2.34. The Morgan fingerprint density at radius 3 is 2.53 bits per heavy atom. The summed E-state index contributed by atoms with van der Waals surface area (Å²) in [7, 11) is 0. The van der Waals surface area contributed by atoms with Gasteiger partial charge in [0.1, 0.15) is 0 Å². The second-order valence-corrected chi connectivity index (χ2v) is 9.49. The van der Waals surface area contributed by atoms with Gasteiger partial charge in [0, 0.05) is 55.2 Å². The van der Waals surface area contributed by atoms with E-state index in [1.165, 1.54) is 13.0 Å². The Morgan fingerprint density at radius 2 is 1.86 bits per heavy atom. The lowest BCUT2D eigenvalue weighted by molar-refractivity contribution is -0.150. The molecule has 2 saturated heterocycles. The zero-order chi connectivity index (χ0) is 25.4. The minimum absolute atomic E-state index is 0.000576. The van der Waals surface area contributed by atoms with Crippen LogP contribution in [-0.2, 0) is 15.7 Å². The molecule has 0 bridgehead atoms. The maximum absolute atomic E-state index is 13.4. The van der Waals surface area contributed by atoms with Crippen molar-refractivity contribution in [1.82, 2.24) is 9.88 Å². The van der Waals surface area contributed by atoms with Gasteiger partial charge in [0.2, 0.25) is 5.91 Å². The van der Waals surface area contributed by atoms with E-state index in [1.807, 2.05) is 30.0 Å². The number of piperazine rings is 1. The van der Waals surface area contributed by atoms with Crippen LogP contribution in [0.3, 0.4) is 0 Å². The van der Waals surface area contributed by atoms with E-state index in [2.05, 4.69) is 21.3 Å². The number of nitrogens with one attached hydrogen (secondary N) is 1. The first kappa shape index (κ1) is 24.4. The van der Waals surface area contributed by atoms with E-state index in [9.17, 15) is 18.0 Å². The molecule has 6 nitrogen and oxygen atoms in total. The van der Waals surface area contributed by atoms with Crippen LogP contribution in [0.4, 0.5) is 24.5 Å². The first-order valence-electron chi connectivity index (χ1n) is 12.2. The van der Waals surface area contributed by atoms with Crippen LogP contribution >= 0.6 is 0 Å². The van der Waals surface area contributed by atoms with Gasteiger partial charge in [-0.3, -0.25) is 9.78 Å². The van der Waals surface area contributed by atoms with Crippen LogP contribution in [0.15, 0.2) is 48.7 Å². The van der Waals surface area contributed by atoms with Gasteiger partial charge < -0.3 is 19.9 Å². The molecule has 1 atom stereocenters. The molecular weight excluding hydrogens is 469 g/mol. The molecule has 1 N–H and O–H groups in total. The van der Waals surface area contributed by atoms with Crippen molar-refractivity contribution in [3.8, 4) is 0 Å². The van der Waals surface area contributed by atoms with Crippen molar-refractivity contribution in [2.24, 2.45) is 5.92 Å². The molecule has 5 rings (SSSR count). The number of rotatable bonds is 5. The van der Waals surface area contributed by atoms with Gasteiger partial charge in [-0.25, -0.2) is 0 Å². The van der Waals surface area contributed by atoms with Crippen LogP contribution in [0.5, 0.6) is 0 Å². The molecular formula is C27H29F3N4O2. The number of nitrogens with zero attached hydrogens (tertiary/aromatic N) is 3. The molecule has 2 aliphatic rings. The fourth-order valence-corrected chi connectivity index (χ4v) is 5.02. The third-order valence-corrected chi connectivity index (χ3v) is 7.19. The Morgan fingerprint density at radius 1 is 1.11 bits per heavy atom. The van der Waals surface area contributed by atoms with E-state index in [0.717, 1.165) is 41.4 Å². The quantitative estimate of drug-likeness (QED) is 0.535. The zero-order valence-electron chi connectivity index (χ0n) is 20.3. The molecule has 2 aromatic carbocycles. The fourth-order valence-electron chi connectivity index (χ4n) is 5.02.